The molecule has 0 amide bonds. The summed E-state index contributed by atoms with van der Waals surface area (Å²) in [6, 6.07) is 0. The largest absolute Gasteiger partial charge is 0.460 e. The Morgan fingerprint density at radius 1 is 0.837 bits per heavy atom. The van der Waals surface area contributed by atoms with Crippen LogP contribution in [0, 0.1) is 56.7 Å². The Morgan fingerprint density at radius 2 is 1.51 bits per heavy atom. The Bertz CT molecular complexity index is 1330. The van der Waals surface area contributed by atoms with Gasteiger partial charge in [-0.25, -0.2) is 0 Å². The number of ether oxygens (including phenoxy) is 3. The van der Waals surface area contributed by atoms with Gasteiger partial charge in [0, 0.05) is 12.3 Å². The number of hydrogen-bond donors (Lipinski definition) is 6. The van der Waals surface area contributed by atoms with Crippen LogP contribution in [0.4, 0.5) is 0 Å². The summed E-state index contributed by atoms with van der Waals surface area (Å²) in [6.07, 6.45) is -4.56. The molecule has 6 fully saturated rings. The molecule has 0 aromatic heterocycles. The molecule has 0 aromatic carbocycles. The van der Waals surface area contributed by atoms with Gasteiger partial charge in [-0.05, 0) is 104 Å². The van der Waals surface area contributed by atoms with E-state index >= 15 is 0 Å². The number of hydrogen-bond acceptors (Lipinski definition) is 11. The quantitative estimate of drug-likeness (QED) is 0.184. The van der Waals surface area contributed by atoms with Crippen LogP contribution in [0.2, 0.25) is 0 Å². The third kappa shape index (κ3) is 5.14. The van der Waals surface area contributed by atoms with Gasteiger partial charge in [-0.2, -0.15) is 0 Å². The van der Waals surface area contributed by atoms with Crippen LogP contribution in [0.3, 0.4) is 0 Å². The molecule has 1 saturated heterocycles. The van der Waals surface area contributed by atoms with Crippen LogP contribution >= 0.6 is 0 Å². The van der Waals surface area contributed by atoms with Crippen LogP contribution in [-0.4, -0.2) is 98.2 Å². The average molecular weight is 693 g/mol. The van der Waals surface area contributed by atoms with Gasteiger partial charge in [0.2, 0.25) is 6.29 Å². The lowest BCUT2D eigenvalue weighted by molar-refractivity contribution is -0.302. The lowest BCUT2D eigenvalue weighted by atomic mass is 9.31. The van der Waals surface area contributed by atoms with Crippen molar-refractivity contribution in [1.82, 2.24) is 0 Å². The summed E-state index contributed by atoms with van der Waals surface area (Å²) >= 11 is 0. The summed E-state index contributed by atoms with van der Waals surface area (Å²) in [5.41, 5.74) is -1.62. The highest BCUT2D eigenvalue weighted by molar-refractivity contribution is 5.78. The van der Waals surface area contributed by atoms with Crippen molar-refractivity contribution in [3.63, 3.8) is 0 Å². The van der Waals surface area contributed by atoms with Crippen LogP contribution in [0.1, 0.15) is 99.8 Å². The smallest absolute Gasteiger partial charge is 0.314 e. The maximum atomic E-state index is 14.5. The van der Waals surface area contributed by atoms with Crippen molar-refractivity contribution in [2.24, 2.45) is 56.7 Å². The predicted octanol–water partition coefficient (Wildman–Crippen LogP) is 2.86. The van der Waals surface area contributed by atoms with E-state index in [0.29, 0.717) is 32.1 Å². The van der Waals surface area contributed by atoms with Crippen molar-refractivity contribution < 1.29 is 54.4 Å². The zero-order chi connectivity index (χ0) is 36.2. The molecule has 49 heavy (non-hydrogen) atoms. The topological polar surface area (TPSA) is 183 Å². The molecule has 1 heterocycles. The zero-order valence-corrected chi connectivity index (χ0v) is 30.3. The minimum absolute atomic E-state index is 0.0566. The first kappa shape index (κ1) is 37.2. The molecular weight excluding hydrogens is 632 g/mol. The summed E-state index contributed by atoms with van der Waals surface area (Å²) < 4.78 is 17.3. The SMILES string of the molecule is C=C(C)C1CCC2(C(=O)OC3OC(CO)C(O)C(O)C3O)CCC3(C)C(CCC4C5(C)CC(OC(C)=O)C(O)C(C)(C)C5C(O)CC43C)C12. The average Bonchev–Trinajstić information content (AvgIpc) is 3.41. The van der Waals surface area contributed by atoms with Crippen LogP contribution in [-0.2, 0) is 23.8 Å². The first-order chi connectivity index (χ1) is 22.7. The number of esters is 2. The Balaban J connectivity index is 1.36. The minimum Gasteiger partial charge on any atom is -0.460 e. The van der Waals surface area contributed by atoms with Gasteiger partial charge in [0.1, 0.15) is 30.5 Å². The molecule has 17 atom stereocenters. The Morgan fingerprint density at radius 3 is 2.12 bits per heavy atom. The summed E-state index contributed by atoms with van der Waals surface area (Å²) in [4.78, 5) is 26.7. The van der Waals surface area contributed by atoms with Crippen molar-refractivity contribution in [2.45, 2.75) is 149 Å². The molecule has 0 aromatic rings. The number of carbonyl (C=O) groups excluding carboxylic acids is 2. The summed E-state index contributed by atoms with van der Waals surface area (Å²) in [5, 5.41) is 64.7. The fourth-order valence-corrected chi connectivity index (χ4v) is 13.5. The van der Waals surface area contributed by atoms with Crippen LogP contribution < -0.4 is 0 Å². The molecule has 0 bridgehead atoms. The number of aliphatic hydroxyl groups excluding tert-OH is 6. The van der Waals surface area contributed by atoms with Crippen molar-refractivity contribution in [1.29, 1.82) is 0 Å². The molecule has 0 spiro atoms. The van der Waals surface area contributed by atoms with Gasteiger partial charge in [-0.3, -0.25) is 9.59 Å². The number of carbonyl (C=O) groups is 2. The first-order valence-corrected chi connectivity index (χ1v) is 18.4. The van der Waals surface area contributed by atoms with Gasteiger partial charge in [-0.1, -0.05) is 46.8 Å². The molecule has 1 aliphatic heterocycles. The minimum atomic E-state index is -1.68. The van der Waals surface area contributed by atoms with E-state index in [0.717, 1.165) is 24.8 Å². The molecule has 11 nitrogen and oxygen atoms in total. The van der Waals surface area contributed by atoms with Crippen LogP contribution in [0.5, 0.6) is 0 Å². The molecule has 278 valence electrons. The standard InChI is InChI=1S/C38H60O11/c1-18(2)20-11-12-38(33(46)49-32-29(44)28(43)27(42)24(17-39)48-32)14-13-36(7)21(26(20)38)9-10-25-35(6)16-23(47-19(3)40)31(45)34(4,5)30(35)22(41)15-37(25,36)8/h20-32,39,41-45H,1,9-17H2,2-8H3. The summed E-state index contributed by atoms with van der Waals surface area (Å²) in [7, 11) is 0. The lowest BCUT2D eigenvalue weighted by Gasteiger charge is -2.73. The van der Waals surface area contributed by atoms with Crippen molar-refractivity contribution in [2.75, 3.05) is 6.61 Å². The second-order valence-electron chi connectivity index (χ2n) is 18.2. The van der Waals surface area contributed by atoms with Crippen molar-refractivity contribution >= 4 is 11.9 Å². The fraction of sp³-hybridized carbons (Fsp3) is 0.895. The molecule has 6 aliphatic rings. The van der Waals surface area contributed by atoms with Gasteiger partial charge >= 0.3 is 11.9 Å². The van der Waals surface area contributed by atoms with E-state index in [1.54, 1.807) is 0 Å². The highest BCUT2D eigenvalue weighted by atomic mass is 16.7. The highest BCUT2D eigenvalue weighted by Crippen LogP contribution is 2.77. The number of allylic oxidation sites excluding steroid dienone is 1. The Hall–Kier alpha value is -1.60. The van der Waals surface area contributed by atoms with Crippen LogP contribution in [0.25, 0.3) is 0 Å². The van der Waals surface area contributed by atoms with Gasteiger partial charge in [0.15, 0.2) is 0 Å². The molecule has 5 aliphatic carbocycles. The van der Waals surface area contributed by atoms with Gasteiger partial charge in [-0.15, -0.1) is 0 Å². The fourth-order valence-electron chi connectivity index (χ4n) is 13.5. The first-order valence-electron chi connectivity index (χ1n) is 18.4. The van der Waals surface area contributed by atoms with Gasteiger partial charge in [0.25, 0.3) is 0 Å². The molecule has 17 unspecified atom stereocenters. The van der Waals surface area contributed by atoms with E-state index < -0.39 is 83.8 Å². The van der Waals surface area contributed by atoms with Crippen molar-refractivity contribution in [3.05, 3.63) is 12.2 Å². The molecule has 6 rings (SSSR count). The zero-order valence-electron chi connectivity index (χ0n) is 30.3. The summed E-state index contributed by atoms with van der Waals surface area (Å²) in [5.74, 6) is -0.927. The maximum absolute atomic E-state index is 14.5. The van der Waals surface area contributed by atoms with Crippen molar-refractivity contribution in [3.8, 4) is 0 Å². The predicted molar refractivity (Wildman–Crippen MR) is 177 cm³/mol. The maximum Gasteiger partial charge on any atom is 0.314 e. The van der Waals surface area contributed by atoms with E-state index in [1.165, 1.54) is 6.92 Å². The molecule has 0 radical (unpaired) electrons. The monoisotopic (exact) mass is 692 g/mol. The second kappa shape index (κ2) is 12.2. The molecular formula is C38H60O11. The van der Waals surface area contributed by atoms with Gasteiger partial charge < -0.3 is 44.8 Å². The lowest BCUT2D eigenvalue weighted by Crippen LogP contribution is -2.72. The van der Waals surface area contributed by atoms with E-state index in [-0.39, 0.29) is 40.4 Å². The number of aliphatic hydroxyl groups is 6. The third-order valence-electron chi connectivity index (χ3n) is 15.7. The second-order valence-corrected chi connectivity index (χ2v) is 18.2. The van der Waals surface area contributed by atoms with Crippen LogP contribution in [0.15, 0.2) is 12.2 Å². The van der Waals surface area contributed by atoms with E-state index in [4.69, 9.17) is 14.2 Å². The van der Waals surface area contributed by atoms with E-state index in [2.05, 4.69) is 27.4 Å². The summed E-state index contributed by atoms with van der Waals surface area (Å²) in [6.45, 7) is 18.0. The van der Waals surface area contributed by atoms with Gasteiger partial charge in [0.05, 0.1) is 24.2 Å². The number of fused-ring (bicyclic) bond motifs is 7. The Labute approximate surface area is 290 Å². The molecule has 11 heteroatoms. The Kier molecular flexibility index (Phi) is 9.28. The normalized spacial score (nSPS) is 53.3. The van der Waals surface area contributed by atoms with E-state index in [9.17, 15) is 40.2 Å². The number of rotatable bonds is 5. The third-order valence-corrected chi connectivity index (χ3v) is 15.7. The molecule has 5 saturated carbocycles. The highest BCUT2D eigenvalue weighted by Gasteiger charge is 2.74. The molecule has 6 N–H and O–H groups in total. The van der Waals surface area contributed by atoms with E-state index in [1.807, 2.05) is 20.8 Å².